The maximum atomic E-state index is 4.73. The molecule has 0 spiro atoms. The van der Waals surface area contributed by atoms with Crippen LogP contribution in [0.5, 0.6) is 0 Å². The van der Waals surface area contributed by atoms with Crippen LogP contribution in [0.1, 0.15) is 58.1 Å². The van der Waals surface area contributed by atoms with E-state index in [9.17, 15) is 0 Å². The van der Waals surface area contributed by atoms with Crippen LogP contribution >= 0.6 is 0 Å². The van der Waals surface area contributed by atoms with E-state index in [1.807, 2.05) is 7.05 Å². The van der Waals surface area contributed by atoms with Gasteiger partial charge in [-0.15, -0.1) is 0 Å². The number of para-hydroxylation sites is 2. The molecule has 1 aliphatic carbocycles. The van der Waals surface area contributed by atoms with Gasteiger partial charge >= 0.3 is 0 Å². The standard InChI is InChI=1S/C31H35N3/c1-30(2)23-13-6-8-15-25(23)33-27(30)19-17-21-11-10-12-22(29(21)32-5)18-20-28-31(3,4)24-14-7-9-16-26(24)34-28/h6-9,13-20,33-34H,10-12H2,1-5H3/b21-17+,22-18?,27-19+,28-20?,32-29?. The Morgan fingerprint density at radius 2 is 1.12 bits per heavy atom. The molecule has 0 saturated heterocycles. The summed E-state index contributed by atoms with van der Waals surface area (Å²) in [7, 11) is 1.92. The molecule has 2 N–H and O–H groups in total. The molecule has 1 fully saturated rings. The first kappa shape index (κ1) is 22.5. The summed E-state index contributed by atoms with van der Waals surface area (Å²) in [6.07, 6.45) is 12.4. The summed E-state index contributed by atoms with van der Waals surface area (Å²) in [5, 5.41) is 7.27. The second kappa shape index (κ2) is 8.47. The topological polar surface area (TPSA) is 36.4 Å². The van der Waals surface area contributed by atoms with Crippen LogP contribution in [0.25, 0.3) is 0 Å². The van der Waals surface area contributed by atoms with Crippen molar-refractivity contribution in [3.05, 3.63) is 107 Å². The van der Waals surface area contributed by atoms with Gasteiger partial charge in [-0.25, -0.2) is 0 Å². The third-order valence-electron chi connectivity index (χ3n) is 7.71. The fraction of sp³-hybridized carbons (Fsp3) is 0.323. The van der Waals surface area contributed by atoms with Crippen molar-refractivity contribution in [2.75, 3.05) is 17.7 Å². The molecule has 34 heavy (non-hydrogen) atoms. The highest BCUT2D eigenvalue weighted by Gasteiger charge is 2.35. The second-order valence-electron chi connectivity index (χ2n) is 10.6. The van der Waals surface area contributed by atoms with Gasteiger partial charge in [0.25, 0.3) is 0 Å². The molecule has 0 unspecified atom stereocenters. The van der Waals surface area contributed by atoms with Crippen molar-refractivity contribution in [2.45, 2.75) is 57.8 Å². The number of rotatable bonds is 2. The van der Waals surface area contributed by atoms with Gasteiger partial charge in [0.05, 0.1) is 5.71 Å². The van der Waals surface area contributed by atoms with Crippen LogP contribution in [0.3, 0.4) is 0 Å². The van der Waals surface area contributed by atoms with E-state index in [4.69, 9.17) is 4.99 Å². The van der Waals surface area contributed by atoms with Gasteiger partial charge < -0.3 is 10.6 Å². The summed E-state index contributed by atoms with van der Waals surface area (Å²) in [6, 6.07) is 17.2. The number of hydrogen-bond acceptors (Lipinski definition) is 3. The molecule has 2 aromatic carbocycles. The van der Waals surface area contributed by atoms with Crippen LogP contribution in [0.15, 0.2) is 100 Å². The van der Waals surface area contributed by atoms with Gasteiger partial charge in [0, 0.05) is 40.6 Å². The molecule has 3 aliphatic rings. The molecule has 0 aromatic heterocycles. The van der Waals surface area contributed by atoms with Gasteiger partial charge in [-0.2, -0.15) is 0 Å². The predicted molar refractivity (Wildman–Crippen MR) is 146 cm³/mol. The number of hydrogen-bond donors (Lipinski definition) is 2. The molecule has 3 heteroatoms. The maximum absolute atomic E-state index is 4.73. The predicted octanol–water partition coefficient (Wildman–Crippen LogP) is 7.67. The molecule has 2 aromatic rings. The minimum Gasteiger partial charge on any atom is -0.358 e. The smallest absolute Gasteiger partial charge is 0.0634 e. The van der Waals surface area contributed by atoms with E-state index in [-0.39, 0.29) is 10.8 Å². The molecular formula is C31H35N3. The number of anilines is 2. The van der Waals surface area contributed by atoms with Crippen LogP contribution in [0.4, 0.5) is 11.4 Å². The van der Waals surface area contributed by atoms with Gasteiger partial charge in [0.15, 0.2) is 0 Å². The number of allylic oxidation sites excluding steroid dienone is 8. The first-order chi connectivity index (χ1) is 16.3. The van der Waals surface area contributed by atoms with Crippen molar-refractivity contribution in [3.8, 4) is 0 Å². The Bertz CT molecular complexity index is 1190. The zero-order valence-corrected chi connectivity index (χ0v) is 21.0. The Morgan fingerprint density at radius 1 is 0.676 bits per heavy atom. The summed E-state index contributed by atoms with van der Waals surface area (Å²) >= 11 is 0. The summed E-state index contributed by atoms with van der Waals surface area (Å²) in [5.74, 6) is 0. The van der Waals surface area contributed by atoms with E-state index in [0.29, 0.717) is 0 Å². The normalized spacial score (nSPS) is 26.1. The van der Waals surface area contributed by atoms with E-state index in [2.05, 4.69) is 111 Å². The van der Waals surface area contributed by atoms with E-state index < -0.39 is 0 Å². The molecule has 2 heterocycles. The van der Waals surface area contributed by atoms with Gasteiger partial charge in [-0.3, -0.25) is 4.99 Å². The first-order valence-corrected chi connectivity index (χ1v) is 12.4. The highest BCUT2D eigenvalue weighted by Crippen LogP contribution is 2.44. The molecule has 2 aliphatic heterocycles. The lowest BCUT2D eigenvalue weighted by Gasteiger charge is -2.22. The second-order valence-corrected chi connectivity index (χ2v) is 10.6. The largest absolute Gasteiger partial charge is 0.358 e. The Kier molecular flexibility index (Phi) is 5.59. The van der Waals surface area contributed by atoms with Crippen LogP contribution in [0, 0.1) is 0 Å². The zero-order chi connectivity index (χ0) is 23.9. The summed E-state index contributed by atoms with van der Waals surface area (Å²) in [5.41, 5.74) is 11.3. The van der Waals surface area contributed by atoms with Crippen LogP contribution in [0.2, 0.25) is 0 Å². The van der Waals surface area contributed by atoms with Crippen molar-refractivity contribution in [1.82, 2.24) is 0 Å². The molecule has 0 bridgehead atoms. The lowest BCUT2D eigenvalue weighted by Crippen LogP contribution is -2.18. The lowest BCUT2D eigenvalue weighted by atomic mass is 9.82. The van der Waals surface area contributed by atoms with E-state index in [1.165, 1.54) is 45.0 Å². The molecule has 0 amide bonds. The Hall–Kier alpha value is -3.33. The fourth-order valence-electron chi connectivity index (χ4n) is 5.56. The highest BCUT2D eigenvalue weighted by molar-refractivity contribution is 6.13. The number of benzene rings is 2. The highest BCUT2D eigenvalue weighted by atomic mass is 15.0. The molecule has 1 saturated carbocycles. The third-order valence-corrected chi connectivity index (χ3v) is 7.71. The minimum absolute atomic E-state index is 0.0241. The molecule has 0 radical (unpaired) electrons. The first-order valence-electron chi connectivity index (χ1n) is 12.4. The summed E-state index contributed by atoms with van der Waals surface area (Å²) in [4.78, 5) is 4.73. The average Bonchev–Trinajstić information content (AvgIpc) is 3.25. The SMILES string of the molecule is CN=C1C(=CC=C2Nc3ccccc3C2(C)C)CCC/C1=C\C=C1\Nc2ccccc2C1(C)C. The van der Waals surface area contributed by atoms with Gasteiger partial charge in [-0.05, 0) is 65.8 Å². The number of nitrogens with one attached hydrogen (secondary N) is 2. The minimum atomic E-state index is -0.0241. The Morgan fingerprint density at radius 3 is 1.53 bits per heavy atom. The van der Waals surface area contributed by atoms with Gasteiger partial charge in [0.1, 0.15) is 0 Å². The summed E-state index contributed by atoms with van der Waals surface area (Å²) < 4.78 is 0. The van der Waals surface area contributed by atoms with E-state index >= 15 is 0 Å². The van der Waals surface area contributed by atoms with Gasteiger partial charge in [0.2, 0.25) is 0 Å². The van der Waals surface area contributed by atoms with Crippen LogP contribution in [-0.2, 0) is 10.8 Å². The van der Waals surface area contributed by atoms with E-state index in [1.54, 1.807) is 0 Å². The number of fused-ring (bicyclic) bond motifs is 2. The molecule has 3 nitrogen and oxygen atoms in total. The van der Waals surface area contributed by atoms with Crippen molar-refractivity contribution in [3.63, 3.8) is 0 Å². The number of aliphatic imine (C=N–C) groups is 1. The fourth-order valence-corrected chi connectivity index (χ4v) is 5.56. The third kappa shape index (κ3) is 3.73. The Balaban J connectivity index is 1.42. The van der Waals surface area contributed by atoms with Crippen LogP contribution in [-0.4, -0.2) is 12.8 Å². The van der Waals surface area contributed by atoms with Gasteiger partial charge in [-0.1, -0.05) is 76.2 Å². The van der Waals surface area contributed by atoms with E-state index in [0.717, 1.165) is 25.0 Å². The van der Waals surface area contributed by atoms with Crippen molar-refractivity contribution < 1.29 is 0 Å². The average molecular weight is 450 g/mol. The van der Waals surface area contributed by atoms with Crippen molar-refractivity contribution >= 4 is 17.1 Å². The summed E-state index contributed by atoms with van der Waals surface area (Å²) in [6.45, 7) is 9.16. The maximum Gasteiger partial charge on any atom is 0.0634 e. The quantitative estimate of drug-likeness (QED) is 0.493. The Labute approximate surface area is 204 Å². The monoisotopic (exact) mass is 449 g/mol. The molecule has 0 atom stereocenters. The number of nitrogens with zero attached hydrogens (tertiary/aromatic N) is 1. The van der Waals surface area contributed by atoms with Crippen molar-refractivity contribution in [1.29, 1.82) is 0 Å². The van der Waals surface area contributed by atoms with Crippen LogP contribution < -0.4 is 10.6 Å². The molecular weight excluding hydrogens is 414 g/mol. The van der Waals surface area contributed by atoms with Crippen molar-refractivity contribution in [2.24, 2.45) is 4.99 Å². The zero-order valence-electron chi connectivity index (χ0n) is 21.0. The lowest BCUT2D eigenvalue weighted by molar-refractivity contribution is 0.654. The molecule has 5 rings (SSSR count). The molecule has 174 valence electrons.